The van der Waals surface area contributed by atoms with Crippen molar-refractivity contribution in [1.82, 2.24) is 4.98 Å². The van der Waals surface area contributed by atoms with Crippen LogP contribution in [0, 0.1) is 11.8 Å². The zero-order valence-corrected chi connectivity index (χ0v) is 13.1. The van der Waals surface area contributed by atoms with Crippen molar-refractivity contribution in [3.63, 3.8) is 0 Å². The molecule has 21 heavy (non-hydrogen) atoms. The Kier molecular flexibility index (Phi) is 4.10. The molecule has 0 radical (unpaired) electrons. The van der Waals surface area contributed by atoms with Gasteiger partial charge in [0.25, 0.3) is 0 Å². The van der Waals surface area contributed by atoms with Crippen molar-refractivity contribution >= 4 is 38.8 Å². The first kappa shape index (κ1) is 13.9. The molecule has 3 aromatic rings. The number of pyridine rings is 1. The fourth-order valence-corrected chi connectivity index (χ4v) is 3.25. The molecule has 0 fully saturated rings. The topological polar surface area (TPSA) is 24.9 Å². The van der Waals surface area contributed by atoms with Crippen LogP contribution in [0.5, 0.6) is 0 Å². The Hall–Kier alpha value is -2.02. The smallest absolute Gasteiger partial charge is 0.131 e. The number of fused-ring (bicyclic) bond motifs is 1. The van der Waals surface area contributed by atoms with Crippen LogP contribution in [-0.2, 0) is 6.54 Å². The molecule has 0 aliphatic carbocycles. The molecule has 0 atom stereocenters. The summed E-state index contributed by atoms with van der Waals surface area (Å²) in [6.07, 6.45) is 0. The number of hydrogen-bond acceptors (Lipinski definition) is 3. The summed E-state index contributed by atoms with van der Waals surface area (Å²) in [5.41, 5.74) is 4.03. The summed E-state index contributed by atoms with van der Waals surface area (Å²) in [6.45, 7) is 2.57. The van der Waals surface area contributed by atoms with Crippen LogP contribution in [0.2, 0.25) is 5.15 Å². The molecule has 0 aliphatic rings. The minimum Gasteiger partial charge on any atom is -0.380 e. The predicted molar refractivity (Wildman–Crippen MR) is 91.0 cm³/mol. The zero-order valence-electron chi connectivity index (χ0n) is 11.5. The minimum absolute atomic E-state index is 0.482. The van der Waals surface area contributed by atoms with Gasteiger partial charge in [-0.25, -0.2) is 4.98 Å². The van der Waals surface area contributed by atoms with Crippen molar-refractivity contribution in [1.29, 1.82) is 0 Å². The number of nitrogens with zero attached hydrogens (tertiary/aromatic N) is 1. The molecular weight excluding hydrogens is 300 g/mol. The van der Waals surface area contributed by atoms with Crippen LogP contribution in [0.15, 0.2) is 41.8 Å². The molecular formula is C17H13ClN2S. The van der Waals surface area contributed by atoms with Crippen LogP contribution >= 0.6 is 22.9 Å². The third kappa shape index (κ3) is 3.02. The van der Waals surface area contributed by atoms with Crippen molar-refractivity contribution in [2.24, 2.45) is 0 Å². The first-order chi connectivity index (χ1) is 10.3. The van der Waals surface area contributed by atoms with E-state index in [0.717, 1.165) is 28.0 Å². The standard InChI is InChI=1S/C17H13ClN2S/c1-2-6-13-11-21-17-14(9-15(18)20-16(13)17)19-10-12-7-4-3-5-8-12/h3-5,7-9,11H,10H2,1H3,(H,19,20). The van der Waals surface area contributed by atoms with Gasteiger partial charge in [-0.05, 0) is 12.5 Å². The van der Waals surface area contributed by atoms with Gasteiger partial charge in [0, 0.05) is 18.0 Å². The summed E-state index contributed by atoms with van der Waals surface area (Å²) in [4.78, 5) is 4.40. The molecule has 2 aromatic heterocycles. The lowest BCUT2D eigenvalue weighted by Crippen LogP contribution is -1.99. The van der Waals surface area contributed by atoms with Crippen LogP contribution in [0.1, 0.15) is 18.1 Å². The van der Waals surface area contributed by atoms with E-state index in [0.29, 0.717) is 5.15 Å². The molecule has 2 heterocycles. The summed E-state index contributed by atoms with van der Waals surface area (Å²) < 4.78 is 1.09. The van der Waals surface area contributed by atoms with Crippen LogP contribution in [0.3, 0.4) is 0 Å². The number of thiophene rings is 1. The summed E-state index contributed by atoms with van der Waals surface area (Å²) in [5.74, 6) is 5.98. The maximum absolute atomic E-state index is 6.14. The van der Waals surface area contributed by atoms with Crippen molar-refractivity contribution in [2.75, 3.05) is 5.32 Å². The van der Waals surface area contributed by atoms with E-state index in [1.807, 2.05) is 36.6 Å². The van der Waals surface area contributed by atoms with Crippen molar-refractivity contribution < 1.29 is 0 Å². The van der Waals surface area contributed by atoms with Gasteiger partial charge in [-0.3, -0.25) is 0 Å². The van der Waals surface area contributed by atoms with Crippen molar-refractivity contribution in [2.45, 2.75) is 13.5 Å². The van der Waals surface area contributed by atoms with Gasteiger partial charge < -0.3 is 5.32 Å². The van der Waals surface area contributed by atoms with Gasteiger partial charge in [-0.15, -0.1) is 17.3 Å². The average Bonchev–Trinajstić information content (AvgIpc) is 2.89. The molecule has 104 valence electrons. The van der Waals surface area contributed by atoms with E-state index in [1.54, 1.807) is 11.3 Å². The molecule has 4 heteroatoms. The highest BCUT2D eigenvalue weighted by Gasteiger charge is 2.10. The maximum Gasteiger partial charge on any atom is 0.131 e. The van der Waals surface area contributed by atoms with Gasteiger partial charge >= 0.3 is 0 Å². The lowest BCUT2D eigenvalue weighted by atomic mass is 10.2. The second-order valence-electron chi connectivity index (χ2n) is 4.53. The lowest BCUT2D eigenvalue weighted by molar-refractivity contribution is 1.15. The molecule has 0 saturated carbocycles. The summed E-state index contributed by atoms with van der Waals surface area (Å²) in [6, 6.07) is 12.1. The molecule has 1 N–H and O–H groups in total. The van der Waals surface area contributed by atoms with Crippen LogP contribution < -0.4 is 5.32 Å². The molecule has 0 bridgehead atoms. The zero-order chi connectivity index (χ0) is 14.7. The summed E-state index contributed by atoms with van der Waals surface area (Å²) >= 11 is 7.78. The van der Waals surface area contributed by atoms with Gasteiger partial charge in [-0.2, -0.15) is 0 Å². The van der Waals surface area contributed by atoms with E-state index in [4.69, 9.17) is 11.6 Å². The second-order valence-corrected chi connectivity index (χ2v) is 5.80. The van der Waals surface area contributed by atoms with E-state index in [-0.39, 0.29) is 0 Å². The highest BCUT2D eigenvalue weighted by atomic mass is 35.5. The Morgan fingerprint density at radius 1 is 1.29 bits per heavy atom. The van der Waals surface area contributed by atoms with Crippen LogP contribution in [0.25, 0.3) is 10.2 Å². The van der Waals surface area contributed by atoms with Gasteiger partial charge in [0.1, 0.15) is 10.7 Å². The Morgan fingerprint density at radius 2 is 2.10 bits per heavy atom. The number of anilines is 1. The normalized spacial score (nSPS) is 10.2. The SMILES string of the molecule is CC#Cc1csc2c(NCc3ccccc3)cc(Cl)nc12. The predicted octanol–water partition coefficient (Wildman–Crippen LogP) is 4.93. The van der Waals surface area contributed by atoms with Crippen molar-refractivity contribution in [3.8, 4) is 11.8 Å². The number of hydrogen-bond donors (Lipinski definition) is 1. The Balaban J connectivity index is 1.96. The maximum atomic E-state index is 6.14. The van der Waals surface area contributed by atoms with Crippen LogP contribution in [0.4, 0.5) is 5.69 Å². The van der Waals surface area contributed by atoms with E-state index in [1.165, 1.54) is 5.56 Å². The molecule has 0 unspecified atom stereocenters. The Morgan fingerprint density at radius 3 is 2.86 bits per heavy atom. The highest BCUT2D eigenvalue weighted by Crippen LogP contribution is 2.33. The molecule has 0 spiro atoms. The molecule has 0 aliphatic heterocycles. The minimum atomic E-state index is 0.482. The number of benzene rings is 1. The first-order valence-corrected chi connectivity index (χ1v) is 7.82. The van der Waals surface area contributed by atoms with Gasteiger partial charge in [0.05, 0.1) is 16.0 Å². The van der Waals surface area contributed by atoms with Gasteiger partial charge in [-0.1, -0.05) is 47.9 Å². The van der Waals surface area contributed by atoms with E-state index < -0.39 is 0 Å². The van der Waals surface area contributed by atoms with E-state index >= 15 is 0 Å². The fourth-order valence-electron chi connectivity index (χ4n) is 2.13. The largest absolute Gasteiger partial charge is 0.380 e. The monoisotopic (exact) mass is 312 g/mol. The number of aromatic nitrogens is 1. The molecule has 0 saturated heterocycles. The number of rotatable bonds is 3. The molecule has 0 amide bonds. The quantitative estimate of drug-likeness (QED) is 0.547. The fraction of sp³-hybridized carbons (Fsp3) is 0.118. The van der Waals surface area contributed by atoms with Gasteiger partial charge in [0.2, 0.25) is 0 Å². The first-order valence-electron chi connectivity index (χ1n) is 6.56. The van der Waals surface area contributed by atoms with E-state index in [2.05, 4.69) is 34.3 Å². The molecule has 3 rings (SSSR count). The Bertz CT molecular complexity index is 828. The summed E-state index contributed by atoms with van der Waals surface area (Å²) in [7, 11) is 0. The third-order valence-corrected chi connectivity index (χ3v) is 4.27. The summed E-state index contributed by atoms with van der Waals surface area (Å²) in [5, 5.41) is 5.95. The van der Waals surface area contributed by atoms with E-state index in [9.17, 15) is 0 Å². The molecule has 2 nitrogen and oxygen atoms in total. The lowest BCUT2D eigenvalue weighted by Gasteiger charge is -2.08. The second kappa shape index (κ2) is 6.17. The number of halogens is 1. The highest BCUT2D eigenvalue weighted by molar-refractivity contribution is 7.18. The Labute approximate surface area is 132 Å². The van der Waals surface area contributed by atoms with Crippen LogP contribution in [-0.4, -0.2) is 4.98 Å². The van der Waals surface area contributed by atoms with Gasteiger partial charge in [0.15, 0.2) is 0 Å². The molecule has 1 aromatic carbocycles. The third-order valence-electron chi connectivity index (χ3n) is 3.08. The average molecular weight is 313 g/mol. The number of nitrogens with one attached hydrogen (secondary N) is 1. The van der Waals surface area contributed by atoms with Crippen molar-refractivity contribution in [3.05, 3.63) is 58.1 Å².